The van der Waals surface area contributed by atoms with Gasteiger partial charge in [-0.15, -0.1) is 0 Å². The van der Waals surface area contributed by atoms with E-state index in [1.165, 1.54) is 0 Å². The lowest BCUT2D eigenvalue weighted by Gasteiger charge is -2.16. The van der Waals surface area contributed by atoms with E-state index in [-0.39, 0.29) is 12.0 Å². The monoisotopic (exact) mass is 361 g/mol. The van der Waals surface area contributed by atoms with Gasteiger partial charge < -0.3 is 14.8 Å². The zero-order chi connectivity index (χ0) is 18.4. The molecule has 1 amide bonds. The van der Waals surface area contributed by atoms with Crippen LogP contribution in [0.3, 0.4) is 0 Å². The van der Waals surface area contributed by atoms with Crippen molar-refractivity contribution in [3.05, 3.63) is 58.6 Å². The first-order chi connectivity index (χ1) is 11.8. The van der Waals surface area contributed by atoms with Gasteiger partial charge in [0.1, 0.15) is 11.5 Å². The molecule has 2 aromatic rings. The summed E-state index contributed by atoms with van der Waals surface area (Å²) in [4.78, 5) is 12.2. The number of benzene rings is 2. The maximum absolute atomic E-state index is 12.2. The van der Waals surface area contributed by atoms with Crippen LogP contribution in [0, 0.1) is 6.92 Å². The molecule has 0 aliphatic heterocycles. The predicted molar refractivity (Wildman–Crippen MR) is 100 cm³/mol. The molecule has 0 fully saturated rings. The molecule has 1 N–H and O–H groups in total. The molecule has 0 saturated heterocycles. The summed E-state index contributed by atoms with van der Waals surface area (Å²) in [6.07, 6.45) is -0.489. The van der Waals surface area contributed by atoms with E-state index in [9.17, 15) is 4.79 Å². The summed E-state index contributed by atoms with van der Waals surface area (Å²) in [5.41, 5.74) is 1.88. The number of hydrogen-bond acceptors (Lipinski definition) is 3. The highest BCUT2D eigenvalue weighted by Crippen LogP contribution is 2.22. The second kappa shape index (κ2) is 8.77. The minimum absolute atomic E-state index is 0.112. The van der Waals surface area contributed by atoms with Crippen molar-refractivity contribution >= 4 is 17.5 Å². The number of aryl methyl sites for hydroxylation is 1. The Morgan fingerprint density at radius 2 is 1.80 bits per heavy atom. The number of nitrogens with one attached hydrogen (secondary N) is 1. The molecular formula is C20H24ClNO3. The molecule has 0 bridgehead atoms. The Bertz CT molecular complexity index is 731. The number of hydrogen-bond donors (Lipinski definition) is 1. The molecule has 2 aromatic carbocycles. The van der Waals surface area contributed by atoms with Gasteiger partial charge >= 0.3 is 0 Å². The summed E-state index contributed by atoms with van der Waals surface area (Å²) in [5.74, 6) is 1.24. The summed E-state index contributed by atoms with van der Waals surface area (Å²) in [5, 5.41) is 3.55. The van der Waals surface area contributed by atoms with Crippen molar-refractivity contribution < 1.29 is 14.3 Å². The summed E-state index contributed by atoms with van der Waals surface area (Å²) in [6.45, 7) is 7.99. The van der Waals surface area contributed by atoms with Crippen LogP contribution < -0.4 is 14.8 Å². The zero-order valence-electron chi connectivity index (χ0n) is 15.0. The molecule has 0 aromatic heterocycles. The molecular weight excluding hydrogens is 338 g/mol. The lowest BCUT2D eigenvalue weighted by molar-refractivity contribution is -0.127. The van der Waals surface area contributed by atoms with E-state index in [0.717, 1.165) is 16.9 Å². The molecule has 0 heterocycles. The normalized spacial score (nSPS) is 11.9. The predicted octanol–water partition coefficient (Wildman–Crippen LogP) is 4.52. The van der Waals surface area contributed by atoms with Crippen molar-refractivity contribution in [2.24, 2.45) is 0 Å². The average molecular weight is 362 g/mol. The van der Waals surface area contributed by atoms with Gasteiger partial charge in [0.15, 0.2) is 6.10 Å². The van der Waals surface area contributed by atoms with E-state index in [0.29, 0.717) is 17.3 Å². The zero-order valence-corrected chi connectivity index (χ0v) is 15.8. The van der Waals surface area contributed by atoms with Crippen molar-refractivity contribution in [2.75, 3.05) is 0 Å². The Morgan fingerprint density at radius 3 is 2.48 bits per heavy atom. The third-order valence-electron chi connectivity index (χ3n) is 3.55. The largest absolute Gasteiger partial charge is 0.491 e. The van der Waals surface area contributed by atoms with Gasteiger partial charge in [0.05, 0.1) is 6.10 Å². The minimum atomic E-state index is -0.601. The number of halogens is 1. The van der Waals surface area contributed by atoms with Crippen LogP contribution in [-0.2, 0) is 11.3 Å². The van der Waals surface area contributed by atoms with Gasteiger partial charge in [-0.3, -0.25) is 4.79 Å². The van der Waals surface area contributed by atoms with E-state index >= 15 is 0 Å². The molecule has 2 rings (SSSR count). The van der Waals surface area contributed by atoms with E-state index in [4.69, 9.17) is 21.1 Å². The number of rotatable bonds is 7. The van der Waals surface area contributed by atoms with Gasteiger partial charge in [0.25, 0.3) is 5.91 Å². The van der Waals surface area contributed by atoms with Crippen LogP contribution in [0.25, 0.3) is 0 Å². The molecule has 0 saturated carbocycles. The van der Waals surface area contributed by atoms with Crippen molar-refractivity contribution in [1.82, 2.24) is 5.32 Å². The van der Waals surface area contributed by atoms with Crippen LogP contribution in [0.5, 0.6) is 11.5 Å². The van der Waals surface area contributed by atoms with Crippen LogP contribution in [0.4, 0.5) is 0 Å². The third kappa shape index (κ3) is 5.98. The van der Waals surface area contributed by atoms with Gasteiger partial charge in [-0.05, 0) is 69.2 Å². The van der Waals surface area contributed by atoms with E-state index in [2.05, 4.69) is 5.32 Å². The first-order valence-electron chi connectivity index (χ1n) is 8.31. The van der Waals surface area contributed by atoms with Crippen LogP contribution >= 0.6 is 11.6 Å². The Balaban J connectivity index is 1.89. The van der Waals surface area contributed by atoms with Gasteiger partial charge in [0, 0.05) is 11.6 Å². The van der Waals surface area contributed by atoms with Crippen molar-refractivity contribution in [3.8, 4) is 11.5 Å². The fourth-order valence-electron chi connectivity index (χ4n) is 2.28. The second-order valence-electron chi connectivity index (χ2n) is 6.20. The van der Waals surface area contributed by atoms with Gasteiger partial charge in [-0.2, -0.15) is 0 Å². The van der Waals surface area contributed by atoms with E-state index < -0.39 is 6.10 Å². The first kappa shape index (κ1) is 19.1. The van der Waals surface area contributed by atoms with Crippen LogP contribution in [0.15, 0.2) is 42.5 Å². The second-order valence-corrected chi connectivity index (χ2v) is 6.61. The quantitative estimate of drug-likeness (QED) is 0.788. The molecule has 1 atom stereocenters. The fourth-order valence-corrected chi connectivity index (χ4v) is 2.40. The van der Waals surface area contributed by atoms with Crippen LogP contribution in [0.1, 0.15) is 31.9 Å². The Hall–Kier alpha value is -2.20. The molecule has 4 nitrogen and oxygen atoms in total. The van der Waals surface area contributed by atoms with Crippen molar-refractivity contribution in [1.29, 1.82) is 0 Å². The number of ether oxygens (including phenoxy) is 2. The molecule has 25 heavy (non-hydrogen) atoms. The van der Waals surface area contributed by atoms with Crippen LogP contribution in [0.2, 0.25) is 5.02 Å². The molecule has 0 aliphatic carbocycles. The highest BCUT2D eigenvalue weighted by atomic mass is 35.5. The summed E-state index contributed by atoms with van der Waals surface area (Å²) < 4.78 is 11.3. The molecule has 0 spiro atoms. The van der Waals surface area contributed by atoms with Gasteiger partial charge in [-0.25, -0.2) is 0 Å². The maximum Gasteiger partial charge on any atom is 0.261 e. The Labute approximate surface area is 154 Å². The van der Waals surface area contributed by atoms with E-state index in [1.807, 2.05) is 51.1 Å². The fraction of sp³-hybridized carbons (Fsp3) is 0.350. The number of carbonyl (C=O) groups is 1. The summed E-state index contributed by atoms with van der Waals surface area (Å²) in [7, 11) is 0. The van der Waals surface area contributed by atoms with Crippen molar-refractivity contribution in [2.45, 2.75) is 46.4 Å². The van der Waals surface area contributed by atoms with Crippen LogP contribution in [-0.4, -0.2) is 18.1 Å². The third-order valence-corrected chi connectivity index (χ3v) is 3.97. The summed E-state index contributed by atoms with van der Waals surface area (Å²) in [6, 6.07) is 13.0. The molecule has 134 valence electrons. The van der Waals surface area contributed by atoms with E-state index in [1.54, 1.807) is 19.1 Å². The molecule has 1 unspecified atom stereocenters. The maximum atomic E-state index is 12.2. The Kier molecular flexibility index (Phi) is 6.71. The lowest BCUT2D eigenvalue weighted by Crippen LogP contribution is -2.35. The minimum Gasteiger partial charge on any atom is -0.491 e. The van der Waals surface area contributed by atoms with Gasteiger partial charge in [0.2, 0.25) is 0 Å². The lowest BCUT2D eigenvalue weighted by atomic mass is 10.2. The highest BCUT2D eigenvalue weighted by molar-refractivity contribution is 6.31. The number of carbonyl (C=O) groups excluding carboxylic acids is 1. The first-order valence-corrected chi connectivity index (χ1v) is 8.69. The topological polar surface area (TPSA) is 47.6 Å². The standard InChI is InChI=1S/C20H24ClNO3/c1-13(2)24-17-7-5-6-16(11-17)12-22-20(23)15(4)25-18-8-9-19(21)14(3)10-18/h5-11,13,15H,12H2,1-4H3,(H,22,23). The van der Waals surface area contributed by atoms with Gasteiger partial charge in [-0.1, -0.05) is 23.7 Å². The van der Waals surface area contributed by atoms with Crippen molar-refractivity contribution in [3.63, 3.8) is 0 Å². The summed E-state index contributed by atoms with van der Waals surface area (Å²) >= 11 is 6.00. The average Bonchev–Trinajstić information content (AvgIpc) is 2.55. The SMILES string of the molecule is Cc1cc(OC(C)C(=O)NCc2cccc(OC(C)C)c2)ccc1Cl. The highest BCUT2D eigenvalue weighted by Gasteiger charge is 2.15. The molecule has 5 heteroatoms. The smallest absolute Gasteiger partial charge is 0.261 e. The molecule has 0 radical (unpaired) electrons. The number of amides is 1. The Morgan fingerprint density at radius 1 is 1.08 bits per heavy atom. The molecule has 0 aliphatic rings.